The highest BCUT2D eigenvalue weighted by Gasteiger charge is 2.34. The van der Waals surface area contributed by atoms with Gasteiger partial charge in [-0.25, -0.2) is 0 Å². The normalized spacial score (nSPS) is 17.5. The molecule has 2 amide bonds. The maximum absolute atomic E-state index is 12.1. The van der Waals surface area contributed by atoms with Crippen molar-refractivity contribution in [3.05, 3.63) is 29.8 Å². The van der Waals surface area contributed by atoms with Crippen molar-refractivity contribution in [2.45, 2.75) is 12.8 Å². The number of rotatable bonds is 5. The van der Waals surface area contributed by atoms with Gasteiger partial charge in [-0.15, -0.1) is 5.10 Å². The summed E-state index contributed by atoms with van der Waals surface area (Å²) in [5.74, 6) is -0.432. The van der Waals surface area contributed by atoms with E-state index < -0.39 is 5.92 Å². The Morgan fingerprint density at radius 1 is 1.39 bits per heavy atom. The predicted octanol–water partition coefficient (Wildman–Crippen LogP) is -0.0650. The molecule has 2 aromatic rings. The molecule has 1 aromatic heterocycles. The Bertz CT molecular complexity index is 685. The molecule has 2 heterocycles. The first-order valence-electron chi connectivity index (χ1n) is 7.22. The van der Waals surface area contributed by atoms with Crippen LogP contribution in [0.3, 0.4) is 0 Å². The lowest BCUT2D eigenvalue weighted by Crippen LogP contribution is -2.30. The fourth-order valence-electron chi connectivity index (χ4n) is 2.52. The van der Waals surface area contributed by atoms with Crippen molar-refractivity contribution in [1.29, 1.82) is 0 Å². The van der Waals surface area contributed by atoms with Crippen molar-refractivity contribution in [1.82, 2.24) is 25.5 Å². The van der Waals surface area contributed by atoms with Crippen LogP contribution in [0, 0.1) is 5.92 Å². The summed E-state index contributed by atoms with van der Waals surface area (Å²) in [7, 11) is 0. The van der Waals surface area contributed by atoms with E-state index in [1.807, 2.05) is 12.1 Å². The van der Waals surface area contributed by atoms with Crippen LogP contribution < -0.4 is 5.32 Å². The fourth-order valence-corrected chi connectivity index (χ4v) is 2.52. The zero-order chi connectivity index (χ0) is 16.2. The van der Waals surface area contributed by atoms with Gasteiger partial charge in [-0.2, -0.15) is 5.21 Å². The highest BCUT2D eigenvalue weighted by molar-refractivity contribution is 5.96. The SMILES string of the molecule is O=C(Nc1nn[nH]n1)C1CC(=O)N(CCc2ccc(O)cc2)C1. The van der Waals surface area contributed by atoms with Crippen LogP contribution in [-0.4, -0.2) is 55.5 Å². The number of hydrogen-bond donors (Lipinski definition) is 3. The maximum atomic E-state index is 12.1. The first-order valence-corrected chi connectivity index (χ1v) is 7.22. The van der Waals surface area contributed by atoms with Gasteiger partial charge in [0.05, 0.1) is 5.92 Å². The van der Waals surface area contributed by atoms with Crippen molar-refractivity contribution in [2.75, 3.05) is 18.4 Å². The molecule has 1 saturated heterocycles. The van der Waals surface area contributed by atoms with E-state index >= 15 is 0 Å². The average Bonchev–Trinajstić information content (AvgIpc) is 3.16. The summed E-state index contributed by atoms with van der Waals surface area (Å²) in [6.07, 6.45) is 0.852. The van der Waals surface area contributed by atoms with Gasteiger partial charge in [-0.1, -0.05) is 17.2 Å². The van der Waals surface area contributed by atoms with Crippen LogP contribution in [-0.2, 0) is 16.0 Å². The molecular formula is C14H16N6O3. The van der Waals surface area contributed by atoms with E-state index in [1.165, 1.54) is 0 Å². The minimum atomic E-state index is -0.416. The molecule has 9 heteroatoms. The second-order valence-electron chi connectivity index (χ2n) is 5.38. The van der Waals surface area contributed by atoms with Gasteiger partial charge in [-0.3, -0.25) is 14.9 Å². The molecule has 0 saturated carbocycles. The topological polar surface area (TPSA) is 124 Å². The third kappa shape index (κ3) is 3.62. The van der Waals surface area contributed by atoms with Gasteiger partial charge in [0, 0.05) is 19.5 Å². The molecule has 23 heavy (non-hydrogen) atoms. The number of aromatic nitrogens is 4. The summed E-state index contributed by atoms with van der Waals surface area (Å²) in [4.78, 5) is 25.8. The van der Waals surface area contributed by atoms with Gasteiger partial charge < -0.3 is 10.0 Å². The van der Waals surface area contributed by atoms with E-state index in [0.717, 1.165) is 5.56 Å². The first-order chi connectivity index (χ1) is 11.1. The van der Waals surface area contributed by atoms with Crippen LogP contribution >= 0.6 is 0 Å². The second-order valence-corrected chi connectivity index (χ2v) is 5.38. The van der Waals surface area contributed by atoms with Gasteiger partial charge in [0.25, 0.3) is 5.95 Å². The monoisotopic (exact) mass is 316 g/mol. The minimum Gasteiger partial charge on any atom is -0.508 e. The van der Waals surface area contributed by atoms with Gasteiger partial charge >= 0.3 is 0 Å². The Balaban J connectivity index is 1.52. The number of phenolic OH excluding ortho intramolecular Hbond substituents is 1. The van der Waals surface area contributed by atoms with E-state index in [-0.39, 0.29) is 29.9 Å². The molecule has 1 aliphatic heterocycles. The van der Waals surface area contributed by atoms with E-state index in [2.05, 4.69) is 25.9 Å². The zero-order valence-corrected chi connectivity index (χ0v) is 12.3. The molecule has 9 nitrogen and oxygen atoms in total. The quantitative estimate of drug-likeness (QED) is 0.709. The number of aromatic amines is 1. The van der Waals surface area contributed by atoms with Gasteiger partial charge in [0.1, 0.15) is 5.75 Å². The Morgan fingerprint density at radius 2 is 2.17 bits per heavy atom. The number of carbonyl (C=O) groups excluding carboxylic acids is 2. The molecule has 1 aliphatic rings. The molecule has 0 radical (unpaired) electrons. The predicted molar refractivity (Wildman–Crippen MR) is 79.3 cm³/mol. The Kier molecular flexibility index (Phi) is 4.18. The molecule has 1 aromatic carbocycles. The summed E-state index contributed by atoms with van der Waals surface area (Å²) in [6.45, 7) is 0.913. The van der Waals surface area contributed by atoms with Crippen molar-refractivity contribution in [3.63, 3.8) is 0 Å². The third-order valence-corrected chi connectivity index (χ3v) is 3.77. The van der Waals surface area contributed by atoms with Crippen LogP contribution in [0.2, 0.25) is 0 Å². The minimum absolute atomic E-state index is 0.0444. The lowest BCUT2D eigenvalue weighted by Gasteiger charge is -2.16. The highest BCUT2D eigenvalue weighted by atomic mass is 16.3. The fraction of sp³-hybridized carbons (Fsp3) is 0.357. The number of amides is 2. The number of anilines is 1. The third-order valence-electron chi connectivity index (χ3n) is 3.77. The molecule has 0 aliphatic carbocycles. The molecule has 3 rings (SSSR count). The second kappa shape index (κ2) is 6.42. The number of nitrogens with zero attached hydrogens (tertiary/aromatic N) is 4. The smallest absolute Gasteiger partial charge is 0.269 e. The maximum Gasteiger partial charge on any atom is 0.269 e. The summed E-state index contributed by atoms with van der Waals surface area (Å²) in [5.41, 5.74) is 1.02. The van der Waals surface area contributed by atoms with E-state index in [4.69, 9.17) is 0 Å². The highest BCUT2D eigenvalue weighted by Crippen LogP contribution is 2.20. The van der Waals surface area contributed by atoms with E-state index in [1.54, 1.807) is 17.0 Å². The molecule has 3 N–H and O–H groups in total. The average molecular weight is 316 g/mol. The zero-order valence-electron chi connectivity index (χ0n) is 12.3. The largest absolute Gasteiger partial charge is 0.508 e. The van der Waals surface area contributed by atoms with Gasteiger partial charge in [0.2, 0.25) is 11.8 Å². The number of H-pyrrole nitrogens is 1. The number of phenols is 1. The van der Waals surface area contributed by atoms with E-state index in [9.17, 15) is 14.7 Å². The van der Waals surface area contributed by atoms with Crippen LogP contribution in [0.25, 0.3) is 0 Å². The molecule has 0 bridgehead atoms. The van der Waals surface area contributed by atoms with Crippen LogP contribution in [0.15, 0.2) is 24.3 Å². The van der Waals surface area contributed by atoms with Gasteiger partial charge in [-0.05, 0) is 29.3 Å². The summed E-state index contributed by atoms with van der Waals surface area (Å²) in [6, 6.07) is 6.86. The summed E-state index contributed by atoms with van der Waals surface area (Å²) < 4.78 is 0. The molecule has 120 valence electrons. The summed E-state index contributed by atoms with van der Waals surface area (Å²) in [5, 5.41) is 24.7. The molecule has 0 spiro atoms. The Labute approximate surface area is 131 Å². The van der Waals surface area contributed by atoms with Crippen molar-refractivity contribution < 1.29 is 14.7 Å². The lowest BCUT2D eigenvalue weighted by atomic mass is 10.1. The van der Waals surface area contributed by atoms with Crippen molar-refractivity contribution in [2.24, 2.45) is 5.92 Å². The number of aromatic hydroxyl groups is 1. The van der Waals surface area contributed by atoms with Crippen LogP contribution in [0.4, 0.5) is 5.95 Å². The number of tetrazole rings is 1. The Morgan fingerprint density at radius 3 is 2.87 bits per heavy atom. The van der Waals surface area contributed by atoms with Crippen molar-refractivity contribution >= 4 is 17.8 Å². The van der Waals surface area contributed by atoms with Crippen LogP contribution in [0.5, 0.6) is 5.75 Å². The van der Waals surface area contributed by atoms with Crippen molar-refractivity contribution in [3.8, 4) is 5.75 Å². The molecule has 1 atom stereocenters. The molecule has 1 fully saturated rings. The number of benzene rings is 1. The number of carbonyl (C=O) groups is 2. The van der Waals surface area contributed by atoms with Crippen LogP contribution in [0.1, 0.15) is 12.0 Å². The first kappa shape index (κ1) is 14.9. The lowest BCUT2D eigenvalue weighted by molar-refractivity contribution is -0.128. The van der Waals surface area contributed by atoms with E-state index in [0.29, 0.717) is 19.5 Å². The van der Waals surface area contributed by atoms with Gasteiger partial charge in [0.15, 0.2) is 0 Å². The number of nitrogens with one attached hydrogen (secondary N) is 2. The number of hydrogen-bond acceptors (Lipinski definition) is 6. The molecular weight excluding hydrogens is 300 g/mol. The Hall–Kier alpha value is -2.97. The molecule has 1 unspecified atom stereocenters. The standard InChI is InChI=1S/C14H16N6O3/c21-11-3-1-9(2-4-11)5-6-20-8-10(7-12(20)22)13(23)15-14-16-18-19-17-14/h1-4,10,21H,5-8H2,(H2,15,16,17,18,19,23). The number of likely N-dealkylation sites (tertiary alicyclic amines) is 1. The summed E-state index contributed by atoms with van der Waals surface area (Å²) >= 11 is 0.